The molecule has 1 aliphatic carbocycles. The van der Waals surface area contributed by atoms with Crippen LogP contribution in [-0.4, -0.2) is 52.5 Å². The molecule has 0 atom stereocenters. The third-order valence-corrected chi connectivity index (χ3v) is 10.3. The predicted octanol–water partition coefficient (Wildman–Crippen LogP) is 3.95. The molecule has 11 heteroatoms. The molecule has 0 fully saturated rings. The Kier molecular flexibility index (Phi) is 6.39. The highest BCUT2D eigenvalue weighted by Crippen LogP contribution is 2.45. The van der Waals surface area contributed by atoms with Crippen molar-refractivity contribution in [3.8, 4) is 0 Å². The molecule has 0 saturated carbocycles. The van der Waals surface area contributed by atoms with Gasteiger partial charge in [-0.05, 0) is 50.8 Å². The number of carboxylic acid groups (broad SMARTS) is 1. The fraction of sp³-hybridized carbons (Fsp3) is 0.231. The van der Waals surface area contributed by atoms with E-state index < -0.39 is 48.3 Å². The molecule has 4 rings (SSSR count). The van der Waals surface area contributed by atoms with Crippen LogP contribution in [0.4, 0.5) is 24.5 Å². The molecule has 0 aromatic heterocycles. The Morgan fingerprint density at radius 1 is 1.11 bits per heavy atom. The van der Waals surface area contributed by atoms with Crippen LogP contribution in [0.5, 0.6) is 0 Å². The van der Waals surface area contributed by atoms with Crippen LogP contribution in [0.25, 0.3) is 16.0 Å². The summed E-state index contributed by atoms with van der Waals surface area (Å²) in [7, 11) is 5.00. The van der Waals surface area contributed by atoms with Crippen LogP contribution in [0, 0.1) is 17.5 Å². The van der Waals surface area contributed by atoms with Gasteiger partial charge in [0.15, 0.2) is 17.3 Å². The molecule has 1 heterocycles. The van der Waals surface area contributed by atoms with Crippen molar-refractivity contribution in [2.45, 2.75) is 13.1 Å². The molecule has 2 aromatic rings. The van der Waals surface area contributed by atoms with Crippen molar-refractivity contribution in [2.24, 2.45) is 5.11 Å². The van der Waals surface area contributed by atoms with Crippen LogP contribution in [0.1, 0.15) is 21.5 Å². The Hall–Kier alpha value is -4.08. The monoisotopic (exact) mass is 523 g/mol. The lowest BCUT2D eigenvalue weighted by Gasteiger charge is -2.38. The molecular weight excluding hydrogens is 499 g/mol. The van der Waals surface area contributed by atoms with Crippen LogP contribution in [0.2, 0.25) is 13.1 Å². The molecule has 0 saturated heterocycles. The number of hydrogen-bond acceptors (Lipinski definition) is 4. The second-order valence-corrected chi connectivity index (χ2v) is 14.1. The summed E-state index contributed by atoms with van der Waals surface area (Å²) < 4.78 is 47.6. The maximum Gasteiger partial charge on any atom is 0.199 e. The van der Waals surface area contributed by atoms with Gasteiger partial charge in [0.2, 0.25) is 0 Å². The van der Waals surface area contributed by atoms with E-state index in [2.05, 4.69) is 23.1 Å². The number of azide groups is 1. The lowest BCUT2D eigenvalue weighted by molar-refractivity contribution is -0.462. The summed E-state index contributed by atoms with van der Waals surface area (Å²) in [6.07, 6.45) is 5.47. The number of carbonyl (C=O) groups is 1. The first-order chi connectivity index (χ1) is 17.3. The molecular formula is C26H24F3N5O2Si. The summed E-state index contributed by atoms with van der Waals surface area (Å²) in [6, 6.07) is 5.47. The van der Waals surface area contributed by atoms with Crippen molar-refractivity contribution < 1.29 is 27.6 Å². The molecule has 0 N–H and O–H groups in total. The maximum atomic E-state index is 15.9. The molecule has 0 unspecified atom stereocenters. The highest BCUT2D eigenvalue weighted by molar-refractivity contribution is 6.98. The highest BCUT2D eigenvalue weighted by atomic mass is 28.3. The zero-order chi connectivity index (χ0) is 27.4. The number of aromatic carboxylic acids is 1. The number of hydrogen-bond donors (Lipinski definition) is 0. The molecule has 0 spiro atoms. The van der Waals surface area contributed by atoms with E-state index >= 15 is 8.78 Å². The Morgan fingerprint density at radius 2 is 1.78 bits per heavy atom. The minimum atomic E-state index is -2.49. The molecule has 37 heavy (non-hydrogen) atoms. The standard InChI is InChI=1S/C26H24F3N5O2Si/c1-33(2)13-7-9-15-17(11-13)37(5,6)18-12-14(34(3)4)8-10-16(18)19(15)20-21(26(35)36)22(27)24(29)25(23(20)28)31-32-30/h7-12H,1-6H3. The molecule has 2 aliphatic rings. The van der Waals surface area contributed by atoms with Gasteiger partial charge in [0, 0.05) is 48.0 Å². The molecule has 7 nitrogen and oxygen atoms in total. The van der Waals surface area contributed by atoms with Gasteiger partial charge in [0.1, 0.15) is 33.7 Å². The van der Waals surface area contributed by atoms with Gasteiger partial charge >= 0.3 is 0 Å². The summed E-state index contributed by atoms with van der Waals surface area (Å²) in [4.78, 5) is 16.4. The minimum absolute atomic E-state index is 0.0671. The van der Waals surface area contributed by atoms with Gasteiger partial charge in [-0.1, -0.05) is 24.3 Å². The number of anilines is 1. The number of allylic oxidation sites excluding steroid dienone is 5. The number of carboxylic acids is 1. The normalized spacial score (nSPS) is 15.5. The van der Waals surface area contributed by atoms with Crippen LogP contribution in [0.15, 0.2) is 52.3 Å². The van der Waals surface area contributed by atoms with Gasteiger partial charge in [0.05, 0.1) is 5.97 Å². The third-order valence-electron chi connectivity index (χ3n) is 6.82. The topological polar surface area (TPSA) is 95.1 Å². The van der Waals surface area contributed by atoms with Crippen molar-refractivity contribution in [1.82, 2.24) is 0 Å². The predicted molar refractivity (Wildman–Crippen MR) is 138 cm³/mol. The molecule has 0 amide bonds. The SMILES string of the molecule is CN(C)c1ccc2c(c1)[Si](C)(C)C1=CC(=[N+](C)C)C=CC1=C2c1c(F)c(N=[N+]=[N-])c(F)c(F)c1C(=O)[O-]. The van der Waals surface area contributed by atoms with E-state index in [9.17, 15) is 14.3 Å². The number of fused-ring (bicyclic) bond motifs is 2. The van der Waals surface area contributed by atoms with E-state index in [1.807, 2.05) is 49.8 Å². The lowest BCUT2D eigenvalue weighted by atomic mass is 9.86. The molecule has 2 aromatic carbocycles. The fourth-order valence-corrected chi connectivity index (χ4v) is 7.93. The smallest absolute Gasteiger partial charge is 0.199 e. The number of nitrogens with zero attached hydrogens (tertiary/aromatic N) is 5. The molecule has 190 valence electrons. The zero-order valence-electron chi connectivity index (χ0n) is 21.2. The number of carbonyl (C=O) groups excluding carboxylic acids is 1. The van der Waals surface area contributed by atoms with Gasteiger partial charge in [-0.3, -0.25) is 0 Å². The number of benzene rings is 2. The quantitative estimate of drug-likeness (QED) is 0.152. The van der Waals surface area contributed by atoms with Gasteiger partial charge in [0.25, 0.3) is 0 Å². The van der Waals surface area contributed by atoms with Crippen LogP contribution in [0.3, 0.4) is 0 Å². The van der Waals surface area contributed by atoms with Crippen molar-refractivity contribution in [3.63, 3.8) is 0 Å². The Bertz CT molecular complexity index is 1560. The van der Waals surface area contributed by atoms with Crippen molar-refractivity contribution in [2.75, 3.05) is 33.1 Å². The average molecular weight is 524 g/mol. The van der Waals surface area contributed by atoms with Crippen LogP contribution >= 0.6 is 0 Å². The summed E-state index contributed by atoms with van der Waals surface area (Å²) >= 11 is 0. The van der Waals surface area contributed by atoms with Gasteiger partial charge in [-0.25, -0.2) is 17.7 Å². The first kappa shape index (κ1) is 26.0. The van der Waals surface area contributed by atoms with E-state index in [4.69, 9.17) is 5.53 Å². The van der Waals surface area contributed by atoms with Crippen LogP contribution in [-0.2, 0) is 0 Å². The number of halogens is 3. The fourth-order valence-electron chi connectivity index (χ4n) is 4.86. The second-order valence-electron chi connectivity index (χ2n) is 9.77. The van der Waals surface area contributed by atoms with E-state index in [0.29, 0.717) is 11.1 Å². The van der Waals surface area contributed by atoms with E-state index in [1.165, 1.54) is 0 Å². The van der Waals surface area contributed by atoms with Crippen molar-refractivity contribution in [3.05, 3.63) is 91.8 Å². The average Bonchev–Trinajstić information content (AvgIpc) is 2.84. The third kappa shape index (κ3) is 3.96. The van der Waals surface area contributed by atoms with E-state index in [1.54, 1.807) is 24.3 Å². The number of rotatable bonds is 4. The minimum Gasteiger partial charge on any atom is -0.545 e. The molecule has 1 aliphatic heterocycles. The summed E-state index contributed by atoms with van der Waals surface area (Å²) in [6.45, 7) is 4.24. The summed E-state index contributed by atoms with van der Waals surface area (Å²) in [5.41, 5.74) is 8.41. The zero-order valence-corrected chi connectivity index (χ0v) is 22.2. The first-order valence-electron chi connectivity index (χ1n) is 11.3. The van der Waals surface area contributed by atoms with Crippen molar-refractivity contribution in [1.29, 1.82) is 0 Å². The van der Waals surface area contributed by atoms with Gasteiger partial charge < -0.3 is 14.8 Å². The second kappa shape index (κ2) is 9.09. The van der Waals surface area contributed by atoms with Gasteiger partial charge in [-0.15, -0.1) is 0 Å². The van der Waals surface area contributed by atoms with Crippen molar-refractivity contribution >= 4 is 41.9 Å². The van der Waals surface area contributed by atoms with E-state index in [-0.39, 0.29) is 5.57 Å². The Labute approximate surface area is 212 Å². The Balaban J connectivity index is 2.27. The Morgan fingerprint density at radius 3 is 2.35 bits per heavy atom. The summed E-state index contributed by atoms with van der Waals surface area (Å²) in [5, 5.41) is 16.8. The highest BCUT2D eigenvalue weighted by Gasteiger charge is 2.42. The first-order valence-corrected chi connectivity index (χ1v) is 14.3. The van der Waals surface area contributed by atoms with Crippen LogP contribution < -0.4 is 15.2 Å². The summed E-state index contributed by atoms with van der Waals surface area (Å²) in [5.74, 6) is -7.31. The molecule has 0 radical (unpaired) electrons. The lowest BCUT2D eigenvalue weighted by Crippen LogP contribution is -2.50. The largest absolute Gasteiger partial charge is 0.545 e. The van der Waals surface area contributed by atoms with Gasteiger partial charge in [-0.2, -0.15) is 0 Å². The van der Waals surface area contributed by atoms with E-state index in [0.717, 1.165) is 21.8 Å². The maximum absolute atomic E-state index is 15.9. The molecule has 0 bridgehead atoms.